The van der Waals surface area contributed by atoms with Crippen LogP contribution in [-0.2, 0) is 5.54 Å². The summed E-state index contributed by atoms with van der Waals surface area (Å²) in [5.41, 5.74) is 5.91. The molecule has 0 radical (unpaired) electrons. The molecule has 3 heterocycles. The van der Waals surface area contributed by atoms with Gasteiger partial charge in [0.25, 0.3) is 5.91 Å². The molecule has 32 heavy (non-hydrogen) atoms. The monoisotopic (exact) mass is 488 g/mol. The van der Waals surface area contributed by atoms with Gasteiger partial charge in [0.15, 0.2) is 0 Å². The van der Waals surface area contributed by atoms with Crippen molar-refractivity contribution in [3.8, 4) is 11.1 Å². The predicted octanol–water partition coefficient (Wildman–Crippen LogP) is 6.16. The zero-order chi connectivity index (χ0) is 22.5. The number of amides is 1. The lowest BCUT2D eigenvalue weighted by Crippen LogP contribution is -2.43. The molecule has 4 aromatic rings. The summed E-state index contributed by atoms with van der Waals surface area (Å²) < 4.78 is 1.02. The Morgan fingerprint density at radius 2 is 1.94 bits per heavy atom. The number of halogens is 1. The van der Waals surface area contributed by atoms with Crippen LogP contribution in [0.5, 0.6) is 0 Å². The van der Waals surface area contributed by atoms with Crippen molar-refractivity contribution in [2.24, 2.45) is 0 Å². The second-order valence-corrected chi connectivity index (χ2v) is 9.69. The molecule has 5 nitrogen and oxygen atoms in total. The summed E-state index contributed by atoms with van der Waals surface area (Å²) in [5, 5.41) is 0. The van der Waals surface area contributed by atoms with Gasteiger partial charge >= 0.3 is 0 Å². The number of carbonyl (C=O) groups is 1. The van der Waals surface area contributed by atoms with Crippen molar-refractivity contribution in [3.05, 3.63) is 81.8 Å². The minimum Gasteiger partial charge on any atom is -0.340 e. The van der Waals surface area contributed by atoms with Crippen molar-refractivity contribution >= 4 is 32.9 Å². The maximum Gasteiger partial charge on any atom is 0.255 e. The van der Waals surface area contributed by atoms with E-state index in [-0.39, 0.29) is 5.91 Å². The minimum absolute atomic E-state index is 0.0210. The van der Waals surface area contributed by atoms with Crippen LogP contribution in [0.25, 0.3) is 22.2 Å². The molecule has 6 heteroatoms. The summed E-state index contributed by atoms with van der Waals surface area (Å²) in [6.45, 7) is 6.80. The maximum absolute atomic E-state index is 14.0. The highest BCUT2D eigenvalue weighted by Gasteiger charge is 2.44. The number of pyridine rings is 1. The standard InChI is InChI=1S/C26H25BrN4O/c1-16-12-19(27)14-22-23(16)30-25(29-22)26(3)10-7-11-31(26)24(32)20-13-17(2)28-15-21(20)18-8-5-4-6-9-18/h4-6,8-9,12-15H,7,10-11H2,1-3H3,(H,29,30)/t26-/m0/s1. The maximum atomic E-state index is 14.0. The van der Waals surface area contributed by atoms with Gasteiger partial charge in [0.05, 0.1) is 22.1 Å². The quantitative estimate of drug-likeness (QED) is 0.375. The van der Waals surface area contributed by atoms with E-state index in [1.165, 1.54) is 0 Å². The zero-order valence-electron chi connectivity index (χ0n) is 18.4. The number of hydrogen-bond acceptors (Lipinski definition) is 3. The Bertz CT molecular complexity index is 1330. The number of nitrogens with zero attached hydrogens (tertiary/aromatic N) is 3. The summed E-state index contributed by atoms with van der Waals surface area (Å²) in [7, 11) is 0. The topological polar surface area (TPSA) is 61.9 Å². The van der Waals surface area contributed by atoms with Crippen molar-refractivity contribution in [1.29, 1.82) is 0 Å². The third kappa shape index (κ3) is 3.43. The number of rotatable bonds is 3. The molecule has 0 unspecified atom stereocenters. The summed E-state index contributed by atoms with van der Waals surface area (Å²) >= 11 is 3.57. The van der Waals surface area contributed by atoms with Gasteiger partial charge in [-0.15, -0.1) is 0 Å². The van der Waals surface area contributed by atoms with Crippen molar-refractivity contribution < 1.29 is 4.79 Å². The number of nitrogens with one attached hydrogen (secondary N) is 1. The first kappa shape index (κ1) is 20.9. The number of H-pyrrole nitrogens is 1. The summed E-state index contributed by atoms with van der Waals surface area (Å²) in [6.07, 6.45) is 3.61. The first-order valence-electron chi connectivity index (χ1n) is 10.9. The second-order valence-electron chi connectivity index (χ2n) is 8.78. The highest BCUT2D eigenvalue weighted by atomic mass is 79.9. The van der Waals surface area contributed by atoms with Crippen LogP contribution in [0.2, 0.25) is 0 Å². The van der Waals surface area contributed by atoms with Crippen LogP contribution in [-0.4, -0.2) is 32.3 Å². The van der Waals surface area contributed by atoms with Gasteiger partial charge in [0.2, 0.25) is 0 Å². The first-order valence-corrected chi connectivity index (χ1v) is 11.7. The fraction of sp³-hybridized carbons (Fsp3) is 0.269. The molecule has 0 saturated carbocycles. The molecule has 1 aliphatic rings. The molecule has 0 aliphatic carbocycles. The van der Waals surface area contributed by atoms with Crippen LogP contribution in [0.4, 0.5) is 0 Å². The smallest absolute Gasteiger partial charge is 0.255 e. The molecule has 2 aromatic carbocycles. The average molecular weight is 489 g/mol. The van der Waals surface area contributed by atoms with Crippen LogP contribution < -0.4 is 0 Å². The number of aromatic nitrogens is 3. The lowest BCUT2D eigenvalue weighted by Gasteiger charge is -2.34. The highest BCUT2D eigenvalue weighted by molar-refractivity contribution is 9.10. The Hall–Kier alpha value is -2.99. The molecule has 0 bridgehead atoms. The third-order valence-electron chi connectivity index (χ3n) is 6.49. The fourth-order valence-electron chi connectivity index (χ4n) is 4.77. The van der Waals surface area contributed by atoms with Crippen molar-refractivity contribution in [2.75, 3.05) is 6.54 Å². The lowest BCUT2D eigenvalue weighted by atomic mass is 9.95. The molecule has 1 aliphatic heterocycles. The Balaban J connectivity index is 1.59. The number of aryl methyl sites for hydroxylation is 2. The fourth-order valence-corrected chi connectivity index (χ4v) is 5.34. The van der Waals surface area contributed by atoms with Gasteiger partial charge in [-0.2, -0.15) is 0 Å². The summed E-state index contributed by atoms with van der Waals surface area (Å²) in [4.78, 5) is 28.9. The van der Waals surface area contributed by atoms with Crippen LogP contribution in [0.1, 0.15) is 47.2 Å². The number of benzene rings is 2. The Morgan fingerprint density at radius 1 is 1.16 bits per heavy atom. The molecule has 5 rings (SSSR count). The van der Waals surface area contributed by atoms with Gasteiger partial charge in [-0.25, -0.2) is 4.98 Å². The Kier molecular flexibility index (Phi) is 5.13. The van der Waals surface area contributed by atoms with Crippen LogP contribution >= 0.6 is 15.9 Å². The van der Waals surface area contributed by atoms with E-state index >= 15 is 0 Å². The van der Waals surface area contributed by atoms with Crippen LogP contribution in [0.15, 0.2) is 59.2 Å². The van der Waals surface area contributed by atoms with Gasteiger partial charge in [0.1, 0.15) is 5.82 Å². The molecule has 1 saturated heterocycles. The molecule has 1 fully saturated rings. The van der Waals surface area contributed by atoms with Crippen LogP contribution in [0.3, 0.4) is 0 Å². The Morgan fingerprint density at radius 3 is 2.72 bits per heavy atom. The molecule has 162 valence electrons. The summed E-state index contributed by atoms with van der Waals surface area (Å²) in [6, 6.07) is 16.0. The zero-order valence-corrected chi connectivity index (χ0v) is 20.0. The van der Waals surface area contributed by atoms with Gasteiger partial charge in [0, 0.05) is 28.5 Å². The van der Waals surface area contributed by atoms with Crippen molar-refractivity contribution in [2.45, 2.75) is 39.2 Å². The van der Waals surface area contributed by atoms with Gasteiger partial charge in [-0.3, -0.25) is 9.78 Å². The molecule has 2 aromatic heterocycles. The number of hydrogen-bond donors (Lipinski definition) is 1. The molecule has 1 N–H and O–H groups in total. The van der Waals surface area contributed by atoms with Crippen molar-refractivity contribution in [1.82, 2.24) is 19.9 Å². The van der Waals surface area contributed by atoms with E-state index in [4.69, 9.17) is 4.98 Å². The molecular formula is C26H25BrN4O. The highest BCUT2D eigenvalue weighted by Crippen LogP contribution is 2.40. The molecule has 0 spiro atoms. The molecule has 1 atom stereocenters. The number of aromatic amines is 1. The van der Waals surface area contributed by atoms with Crippen molar-refractivity contribution in [3.63, 3.8) is 0 Å². The predicted molar refractivity (Wildman–Crippen MR) is 131 cm³/mol. The average Bonchev–Trinajstić information content (AvgIpc) is 3.39. The summed E-state index contributed by atoms with van der Waals surface area (Å²) in [5.74, 6) is 0.860. The normalized spacial score (nSPS) is 18.4. The van der Waals surface area contributed by atoms with Gasteiger partial charge in [-0.1, -0.05) is 46.3 Å². The van der Waals surface area contributed by atoms with E-state index in [0.717, 1.165) is 56.6 Å². The Labute approximate surface area is 196 Å². The van der Waals surface area contributed by atoms with Gasteiger partial charge in [-0.05, 0) is 62.9 Å². The minimum atomic E-state index is -0.500. The van der Waals surface area contributed by atoms with Gasteiger partial charge < -0.3 is 9.88 Å². The lowest BCUT2D eigenvalue weighted by molar-refractivity contribution is 0.0606. The van der Waals surface area contributed by atoms with E-state index in [9.17, 15) is 4.79 Å². The number of fused-ring (bicyclic) bond motifs is 1. The van der Waals surface area contributed by atoms with E-state index in [2.05, 4.69) is 45.8 Å². The van der Waals surface area contributed by atoms with Crippen LogP contribution in [0, 0.1) is 13.8 Å². The van der Waals surface area contributed by atoms with E-state index < -0.39 is 5.54 Å². The molecular weight excluding hydrogens is 464 g/mol. The molecule has 1 amide bonds. The number of carbonyl (C=O) groups excluding carboxylic acids is 1. The SMILES string of the molecule is Cc1cc(C(=O)N2CCC[C@@]2(C)c2nc3c(C)cc(Br)cc3[nH]2)c(-c2ccccc2)cn1. The van der Waals surface area contributed by atoms with E-state index in [1.54, 1.807) is 0 Å². The first-order chi connectivity index (χ1) is 15.4. The van der Waals surface area contributed by atoms with E-state index in [0.29, 0.717) is 12.1 Å². The van der Waals surface area contributed by atoms with E-state index in [1.807, 2.05) is 60.5 Å². The number of imidazole rings is 1. The largest absolute Gasteiger partial charge is 0.340 e. The number of likely N-dealkylation sites (tertiary alicyclic amines) is 1. The third-order valence-corrected chi connectivity index (χ3v) is 6.95. The second kappa shape index (κ2) is 7.85.